The highest BCUT2D eigenvalue weighted by Gasteiger charge is 2.07. The van der Waals surface area contributed by atoms with Crippen LogP contribution in [0.4, 0.5) is 0 Å². The van der Waals surface area contributed by atoms with Gasteiger partial charge in [0, 0.05) is 31.4 Å². The molecule has 74 valence electrons. The van der Waals surface area contributed by atoms with Gasteiger partial charge >= 0.3 is 0 Å². The van der Waals surface area contributed by atoms with Gasteiger partial charge in [-0.1, -0.05) is 6.92 Å². The van der Waals surface area contributed by atoms with Crippen LogP contribution in [0.1, 0.15) is 12.7 Å². The average Bonchev–Trinajstić information content (AvgIpc) is 2.61. The van der Waals surface area contributed by atoms with Crippen molar-refractivity contribution in [3.8, 4) is 0 Å². The summed E-state index contributed by atoms with van der Waals surface area (Å²) in [6.45, 7) is 3.00. The van der Waals surface area contributed by atoms with E-state index in [0.29, 0.717) is 0 Å². The Morgan fingerprint density at radius 1 is 1.69 bits per heavy atom. The molecule has 4 nitrogen and oxygen atoms in total. The molecule has 0 aliphatic rings. The largest absolute Gasteiger partial charge is 0.395 e. The number of aryl methyl sites for hydroxylation is 1. The molecule has 0 bridgehead atoms. The van der Waals surface area contributed by atoms with E-state index in [-0.39, 0.29) is 12.6 Å². The first-order chi connectivity index (χ1) is 6.31. The Balaban J connectivity index is 2.61. The molecule has 0 radical (unpaired) electrons. The number of aromatic nitrogens is 2. The maximum Gasteiger partial charge on any atom is 0.108 e. The molecule has 1 rings (SSSR count). The van der Waals surface area contributed by atoms with Crippen molar-refractivity contribution in [3.05, 3.63) is 18.2 Å². The molecular weight excluding hydrogens is 166 g/mol. The van der Waals surface area contributed by atoms with Crippen LogP contribution >= 0.6 is 0 Å². The number of rotatable bonds is 5. The van der Waals surface area contributed by atoms with Gasteiger partial charge in [0.1, 0.15) is 5.82 Å². The third-order valence-electron chi connectivity index (χ3n) is 2.16. The van der Waals surface area contributed by atoms with Gasteiger partial charge in [-0.15, -0.1) is 0 Å². The maximum atomic E-state index is 8.99. The number of hydrogen-bond acceptors (Lipinski definition) is 3. The molecular formula is C9H17N3O. The normalized spacial score (nSPS) is 13.2. The smallest absolute Gasteiger partial charge is 0.108 e. The highest BCUT2D eigenvalue weighted by Crippen LogP contribution is 2.00. The minimum Gasteiger partial charge on any atom is -0.395 e. The number of nitrogens with zero attached hydrogens (tertiary/aromatic N) is 2. The lowest BCUT2D eigenvalue weighted by Gasteiger charge is -2.15. The van der Waals surface area contributed by atoms with Crippen molar-refractivity contribution in [3.63, 3.8) is 0 Å². The Morgan fingerprint density at radius 2 is 2.46 bits per heavy atom. The summed E-state index contributed by atoms with van der Waals surface area (Å²) >= 11 is 0. The molecule has 1 unspecified atom stereocenters. The summed E-state index contributed by atoms with van der Waals surface area (Å²) in [6, 6.07) is 0.111. The van der Waals surface area contributed by atoms with E-state index in [0.717, 1.165) is 18.8 Å². The van der Waals surface area contributed by atoms with Crippen LogP contribution in [0, 0.1) is 0 Å². The van der Waals surface area contributed by atoms with Crippen LogP contribution < -0.4 is 5.32 Å². The minimum atomic E-state index is 0.111. The Bertz CT molecular complexity index is 243. The van der Waals surface area contributed by atoms with Gasteiger partial charge in [-0.2, -0.15) is 0 Å². The lowest BCUT2D eigenvalue weighted by molar-refractivity contribution is 0.234. The molecule has 0 spiro atoms. The summed E-state index contributed by atoms with van der Waals surface area (Å²) in [6.07, 6.45) is 4.66. The molecule has 0 fully saturated rings. The molecule has 4 heteroatoms. The van der Waals surface area contributed by atoms with Crippen molar-refractivity contribution in [2.24, 2.45) is 0 Å². The van der Waals surface area contributed by atoms with E-state index >= 15 is 0 Å². The SMILES string of the molecule is CCc1nccn1CC(CO)NC. The van der Waals surface area contributed by atoms with Crippen molar-refractivity contribution in [2.45, 2.75) is 25.9 Å². The van der Waals surface area contributed by atoms with Crippen molar-refractivity contribution in [1.29, 1.82) is 0 Å². The number of aliphatic hydroxyl groups excluding tert-OH is 1. The van der Waals surface area contributed by atoms with Crippen LogP contribution in [0.25, 0.3) is 0 Å². The van der Waals surface area contributed by atoms with E-state index in [2.05, 4.69) is 21.8 Å². The zero-order valence-corrected chi connectivity index (χ0v) is 8.20. The second-order valence-electron chi connectivity index (χ2n) is 3.02. The number of likely N-dealkylation sites (N-methyl/N-ethyl adjacent to an activating group) is 1. The summed E-state index contributed by atoms with van der Waals surface area (Å²) in [5.74, 6) is 1.06. The number of aliphatic hydroxyl groups is 1. The first-order valence-electron chi connectivity index (χ1n) is 4.60. The average molecular weight is 183 g/mol. The topological polar surface area (TPSA) is 50.1 Å². The highest BCUT2D eigenvalue weighted by atomic mass is 16.3. The fraction of sp³-hybridized carbons (Fsp3) is 0.667. The molecule has 0 aliphatic carbocycles. The monoisotopic (exact) mass is 183 g/mol. The fourth-order valence-corrected chi connectivity index (χ4v) is 1.30. The molecule has 0 aromatic carbocycles. The van der Waals surface area contributed by atoms with Crippen LogP contribution in [0.2, 0.25) is 0 Å². The fourth-order valence-electron chi connectivity index (χ4n) is 1.30. The third kappa shape index (κ3) is 2.54. The van der Waals surface area contributed by atoms with E-state index in [4.69, 9.17) is 5.11 Å². The quantitative estimate of drug-likeness (QED) is 0.677. The van der Waals surface area contributed by atoms with Gasteiger partial charge in [0.05, 0.1) is 6.61 Å². The zero-order valence-electron chi connectivity index (χ0n) is 8.20. The predicted molar refractivity (Wildman–Crippen MR) is 51.5 cm³/mol. The van der Waals surface area contributed by atoms with E-state index in [1.54, 1.807) is 6.20 Å². The first kappa shape index (κ1) is 10.2. The summed E-state index contributed by atoms with van der Waals surface area (Å²) in [5, 5.41) is 12.0. The highest BCUT2D eigenvalue weighted by molar-refractivity contribution is 4.92. The van der Waals surface area contributed by atoms with Gasteiger partial charge in [0.25, 0.3) is 0 Å². The summed E-state index contributed by atoms with van der Waals surface area (Å²) in [5.41, 5.74) is 0. The second-order valence-corrected chi connectivity index (χ2v) is 3.02. The Labute approximate surface area is 78.6 Å². The number of hydrogen-bond donors (Lipinski definition) is 2. The molecule has 1 aromatic heterocycles. The van der Waals surface area contributed by atoms with Crippen LogP contribution in [0.3, 0.4) is 0 Å². The number of nitrogens with one attached hydrogen (secondary N) is 1. The van der Waals surface area contributed by atoms with Crippen LogP contribution in [-0.4, -0.2) is 34.4 Å². The molecule has 0 saturated heterocycles. The lowest BCUT2D eigenvalue weighted by atomic mass is 10.3. The Kier molecular flexibility index (Phi) is 3.92. The van der Waals surface area contributed by atoms with Crippen molar-refractivity contribution in [1.82, 2.24) is 14.9 Å². The minimum absolute atomic E-state index is 0.111. The van der Waals surface area contributed by atoms with Crippen LogP contribution in [0.15, 0.2) is 12.4 Å². The molecule has 0 amide bonds. The summed E-state index contributed by atoms with van der Waals surface area (Å²) in [7, 11) is 1.85. The lowest BCUT2D eigenvalue weighted by Crippen LogP contribution is -2.33. The summed E-state index contributed by atoms with van der Waals surface area (Å²) in [4.78, 5) is 4.21. The molecule has 0 saturated carbocycles. The van der Waals surface area contributed by atoms with Gasteiger partial charge in [-0.25, -0.2) is 4.98 Å². The Hall–Kier alpha value is -0.870. The molecule has 1 heterocycles. The van der Waals surface area contributed by atoms with E-state index in [9.17, 15) is 0 Å². The van der Waals surface area contributed by atoms with E-state index in [1.165, 1.54) is 0 Å². The van der Waals surface area contributed by atoms with Crippen molar-refractivity contribution < 1.29 is 5.11 Å². The van der Waals surface area contributed by atoms with Gasteiger partial charge in [0.15, 0.2) is 0 Å². The standard InChI is InChI=1S/C9H17N3O/c1-3-9-11-4-5-12(9)6-8(7-13)10-2/h4-5,8,10,13H,3,6-7H2,1-2H3. The van der Waals surface area contributed by atoms with Crippen molar-refractivity contribution in [2.75, 3.05) is 13.7 Å². The van der Waals surface area contributed by atoms with Crippen LogP contribution in [0.5, 0.6) is 0 Å². The second kappa shape index (κ2) is 4.99. The molecule has 0 aliphatic heterocycles. The number of imidazole rings is 1. The van der Waals surface area contributed by atoms with Crippen LogP contribution in [-0.2, 0) is 13.0 Å². The Morgan fingerprint density at radius 3 is 3.00 bits per heavy atom. The molecule has 1 atom stereocenters. The zero-order chi connectivity index (χ0) is 9.68. The molecule has 1 aromatic rings. The van der Waals surface area contributed by atoms with Gasteiger partial charge in [-0.05, 0) is 7.05 Å². The van der Waals surface area contributed by atoms with Crippen molar-refractivity contribution >= 4 is 0 Å². The van der Waals surface area contributed by atoms with E-state index in [1.807, 2.05) is 13.2 Å². The molecule has 2 N–H and O–H groups in total. The maximum absolute atomic E-state index is 8.99. The van der Waals surface area contributed by atoms with Gasteiger partial charge in [-0.3, -0.25) is 0 Å². The first-order valence-corrected chi connectivity index (χ1v) is 4.60. The predicted octanol–water partition coefficient (Wildman–Crippen LogP) is 0.0258. The molecule has 13 heavy (non-hydrogen) atoms. The van der Waals surface area contributed by atoms with Gasteiger partial charge < -0.3 is 15.0 Å². The third-order valence-corrected chi connectivity index (χ3v) is 2.16. The van der Waals surface area contributed by atoms with Gasteiger partial charge in [0.2, 0.25) is 0 Å². The van der Waals surface area contributed by atoms with E-state index < -0.39 is 0 Å². The summed E-state index contributed by atoms with van der Waals surface area (Å²) < 4.78 is 2.07.